The van der Waals surface area contributed by atoms with E-state index >= 15 is 0 Å². The number of halogens is 1. The summed E-state index contributed by atoms with van der Waals surface area (Å²) >= 11 is 2.29. The van der Waals surface area contributed by atoms with E-state index in [0.717, 1.165) is 22.0 Å². The van der Waals surface area contributed by atoms with Crippen LogP contribution in [0.1, 0.15) is 0 Å². The molecule has 1 aromatic heterocycles. The van der Waals surface area contributed by atoms with Gasteiger partial charge in [-0.15, -0.1) is 0 Å². The van der Waals surface area contributed by atoms with Gasteiger partial charge in [0.15, 0.2) is 5.58 Å². The molecule has 0 aliphatic carbocycles. The number of fused-ring (bicyclic) bond motifs is 3. The first-order valence-corrected chi connectivity index (χ1v) is 7.43. The third-order valence-corrected chi connectivity index (χ3v) is 4.09. The van der Waals surface area contributed by atoms with Crippen LogP contribution in [0.5, 0.6) is 0 Å². The van der Waals surface area contributed by atoms with Gasteiger partial charge in [0.2, 0.25) is 5.89 Å². The number of nitrogens with zero attached hydrogens (tertiary/aromatic N) is 1. The van der Waals surface area contributed by atoms with Crippen molar-refractivity contribution in [3.63, 3.8) is 0 Å². The van der Waals surface area contributed by atoms with Gasteiger partial charge in [0, 0.05) is 14.5 Å². The van der Waals surface area contributed by atoms with Crippen LogP contribution in [0.25, 0.3) is 33.3 Å². The summed E-state index contributed by atoms with van der Waals surface area (Å²) in [4.78, 5) is 4.67. The molecule has 3 heteroatoms. The standard InChI is InChI=1S/C17H10INO/c18-13-8-5-12(6-9-13)17-19-16-14-4-2-1-3-11(14)7-10-15(16)20-17/h1-10H. The van der Waals surface area contributed by atoms with Crippen LogP contribution in [-0.4, -0.2) is 4.98 Å². The predicted octanol–water partition coefficient (Wildman–Crippen LogP) is 5.25. The van der Waals surface area contributed by atoms with Crippen molar-refractivity contribution in [1.29, 1.82) is 0 Å². The summed E-state index contributed by atoms with van der Waals surface area (Å²) in [6.45, 7) is 0. The van der Waals surface area contributed by atoms with Gasteiger partial charge in [-0.05, 0) is 58.3 Å². The number of hydrogen-bond donors (Lipinski definition) is 0. The average Bonchev–Trinajstić information content (AvgIpc) is 2.92. The first-order valence-electron chi connectivity index (χ1n) is 6.35. The molecule has 96 valence electrons. The van der Waals surface area contributed by atoms with Crippen molar-refractivity contribution in [3.8, 4) is 11.5 Å². The van der Waals surface area contributed by atoms with Gasteiger partial charge in [-0.1, -0.05) is 30.3 Å². The fraction of sp³-hybridized carbons (Fsp3) is 0. The molecule has 0 amide bonds. The van der Waals surface area contributed by atoms with Crippen LogP contribution < -0.4 is 0 Å². The van der Waals surface area contributed by atoms with E-state index in [1.54, 1.807) is 0 Å². The highest BCUT2D eigenvalue weighted by molar-refractivity contribution is 14.1. The number of aromatic nitrogens is 1. The van der Waals surface area contributed by atoms with Gasteiger partial charge in [0.05, 0.1) is 0 Å². The van der Waals surface area contributed by atoms with Crippen molar-refractivity contribution in [3.05, 3.63) is 64.2 Å². The quantitative estimate of drug-likeness (QED) is 0.427. The van der Waals surface area contributed by atoms with Gasteiger partial charge in [-0.3, -0.25) is 0 Å². The monoisotopic (exact) mass is 371 g/mol. The highest BCUT2D eigenvalue weighted by Gasteiger charge is 2.10. The van der Waals surface area contributed by atoms with Crippen molar-refractivity contribution in [2.24, 2.45) is 0 Å². The van der Waals surface area contributed by atoms with Gasteiger partial charge in [0.1, 0.15) is 5.52 Å². The lowest BCUT2D eigenvalue weighted by Gasteiger charge is -1.95. The van der Waals surface area contributed by atoms with E-state index in [4.69, 9.17) is 4.42 Å². The second kappa shape index (κ2) is 4.59. The number of oxazole rings is 1. The lowest BCUT2D eigenvalue weighted by Crippen LogP contribution is -1.78. The maximum atomic E-state index is 5.89. The van der Waals surface area contributed by atoms with E-state index in [0.29, 0.717) is 5.89 Å². The zero-order chi connectivity index (χ0) is 13.5. The van der Waals surface area contributed by atoms with Crippen LogP contribution in [0, 0.1) is 3.57 Å². The molecule has 0 saturated carbocycles. The highest BCUT2D eigenvalue weighted by atomic mass is 127. The Bertz CT molecular complexity index is 909. The van der Waals surface area contributed by atoms with Crippen molar-refractivity contribution >= 4 is 44.5 Å². The molecule has 2 nitrogen and oxygen atoms in total. The zero-order valence-electron chi connectivity index (χ0n) is 10.5. The SMILES string of the molecule is Ic1ccc(-c2nc3c(ccc4ccccc43)o2)cc1. The van der Waals surface area contributed by atoms with E-state index in [2.05, 4.69) is 57.9 Å². The van der Waals surface area contributed by atoms with E-state index in [1.807, 2.05) is 30.3 Å². The largest absolute Gasteiger partial charge is 0.436 e. The molecule has 3 aromatic carbocycles. The topological polar surface area (TPSA) is 26.0 Å². The van der Waals surface area contributed by atoms with Gasteiger partial charge < -0.3 is 4.42 Å². The molecule has 0 unspecified atom stereocenters. The molecular weight excluding hydrogens is 361 g/mol. The zero-order valence-corrected chi connectivity index (χ0v) is 12.7. The molecule has 4 rings (SSSR count). The summed E-state index contributed by atoms with van der Waals surface area (Å²) in [7, 11) is 0. The van der Waals surface area contributed by atoms with Crippen LogP contribution in [0.15, 0.2) is 65.1 Å². The normalized spacial score (nSPS) is 11.2. The summed E-state index contributed by atoms with van der Waals surface area (Å²) < 4.78 is 7.09. The predicted molar refractivity (Wildman–Crippen MR) is 89.7 cm³/mol. The Morgan fingerprint density at radius 1 is 0.850 bits per heavy atom. The third kappa shape index (κ3) is 1.89. The summed E-state index contributed by atoms with van der Waals surface area (Å²) in [5.74, 6) is 0.674. The molecule has 0 aliphatic rings. The minimum absolute atomic E-state index is 0.674. The molecule has 1 heterocycles. The maximum Gasteiger partial charge on any atom is 0.227 e. The number of benzene rings is 3. The molecule has 20 heavy (non-hydrogen) atoms. The van der Waals surface area contributed by atoms with E-state index < -0.39 is 0 Å². The molecule has 4 aromatic rings. The molecule has 0 N–H and O–H groups in total. The Labute approximate surface area is 129 Å². The van der Waals surface area contributed by atoms with Crippen LogP contribution >= 0.6 is 22.6 Å². The lowest BCUT2D eigenvalue weighted by atomic mass is 10.1. The van der Waals surface area contributed by atoms with Crippen molar-refractivity contribution < 1.29 is 4.42 Å². The molecular formula is C17H10INO. The summed E-state index contributed by atoms with van der Waals surface area (Å²) in [5, 5.41) is 2.31. The Morgan fingerprint density at radius 2 is 1.65 bits per heavy atom. The Kier molecular flexibility index (Phi) is 2.73. The second-order valence-corrected chi connectivity index (χ2v) is 5.90. The van der Waals surface area contributed by atoms with Gasteiger partial charge in [0.25, 0.3) is 0 Å². The lowest BCUT2D eigenvalue weighted by molar-refractivity contribution is 0.620. The average molecular weight is 371 g/mol. The molecule has 0 atom stereocenters. The Balaban J connectivity index is 1.98. The van der Waals surface area contributed by atoms with Crippen LogP contribution in [0.2, 0.25) is 0 Å². The number of rotatable bonds is 1. The molecule has 0 radical (unpaired) electrons. The second-order valence-electron chi connectivity index (χ2n) is 4.66. The minimum atomic E-state index is 0.674. The molecule has 0 fully saturated rings. The summed E-state index contributed by atoms with van der Waals surface area (Å²) in [6, 6.07) is 20.5. The molecule has 0 saturated heterocycles. The molecule has 0 bridgehead atoms. The fourth-order valence-corrected chi connectivity index (χ4v) is 2.74. The Hall–Kier alpha value is -1.88. The smallest absolute Gasteiger partial charge is 0.227 e. The molecule has 0 aliphatic heterocycles. The van der Waals surface area contributed by atoms with E-state index in [9.17, 15) is 0 Å². The van der Waals surface area contributed by atoms with Gasteiger partial charge in [-0.25, -0.2) is 4.98 Å². The van der Waals surface area contributed by atoms with Crippen molar-refractivity contribution in [2.45, 2.75) is 0 Å². The first kappa shape index (κ1) is 11.9. The van der Waals surface area contributed by atoms with Crippen LogP contribution in [0.4, 0.5) is 0 Å². The van der Waals surface area contributed by atoms with Crippen LogP contribution in [0.3, 0.4) is 0 Å². The Morgan fingerprint density at radius 3 is 2.50 bits per heavy atom. The van der Waals surface area contributed by atoms with E-state index in [1.165, 1.54) is 8.96 Å². The summed E-state index contributed by atoms with van der Waals surface area (Å²) in [5.41, 5.74) is 2.76. The highest BCUT2D eigenvalue weighted by Crippen LogP contribution is 2.29. The minimum Gasteiger partial charge on any atom is -0.436 e. The van der Waals surface area contributed by atoms with Crippen molar-refractivity contribution in [2.75, 3.05) is 0 Å². The van der Waals surface area contributed by atoms with Gasteiger partial charge in [-0.2, -0.15) is 0 Å². The molecule has 0 spiro atoms. The number of hydrogen-bond acceptors (Lipinski definition) is 2. The maximum absolute atomic E-state index is 5.89. The van der Waals surface area contributed by atoms with Crippen LogP contribution in [-0.2, 0) is 0 Å². The summed E-state index contributed by atoms with van der Waals surface area (Å²) in [6.07, 6.45) is 0. The van der Waals surface area contributed by atoms with Gasteiger partial charge >= 0.3 is 0 Å². The van der Waals surface area contributed by atoms with Crippen molar-refractivity contribution in [1.82, 2.24) is 4.98 Å². The fourth-order valence-electron chi connectivity index (χ4n) is 2.38. The third-order valence-electron chi connectivity index (χ3n) is 3.37. The van der Waals surface area contributed by atoms with E-state index in [-0.39, 0.29) is 0 Å². The first-order chi connectivity index (χ1) is 9.81.